The number of fused-ring (bicyclic) bond motifs is 1. The second-order valence-electron chi connectivity index (χ2n) is 5.50. The van der Waals surface area contributed by atoms with Crippen molar-refractivity contribution in [3.8, 4) is 0 Å². The fourth-order valence-corrected chi connectivity index (χ4v) is 2.39. The molecule has 26 heavy (non-hydrogen) atoms. The van der Waals surface area contributed by atoms with Crippen LogP contribution in [-0.4, -0.2) is 22.7 Å². The van der Waals surface area contributed by atoms with Gasteiger partial charge in [-0.25, -0.2) is 0 Å². The Morgan fingerprint density at radius 3 is 2.62 bits per heavy atom. The zero-order chi connectivity index (χ0) is 18.5. The predicted molar refractivity (Wildman–Crippen MR) is 92.6 cm³/mol. The maximum absolute atomic E-state index is 12.4. The number of carbonyl (C=O) groups is 3. The van der Waals surface area contributed by atoms with Crippen LogP contribution in [-0.2, 0) is 16.1 Å². The molecular weight excluding hydrogens is 336 g/mol. The molecule has 0 bridgehead atoms. The summed E-state index contributed by atoms with van der Waals surface area (Å²) in [6.45, 7) is 1.84. The Bertz CT molecular complexity index is 966. The normalized spacial score (nSPS) is 10.3. The van der Waals surface area contributed by atoms with Crippen LogP contribution in [0.2, 0.25) is 0 Å². The third-order valence-electron chi connectivity index (χ3n) is 3.59. The lowest BCUT2D eigenvalue weighted by Gasteiger charge is -2.10. The van der Waals surface area contributed by atoms with Gasteiger partial charge in [-0.15, -0.1) is 0 Å². The number of para-hydroxylation sites is 1. The maximum atomic E-state index is 12.4. The molecule has 0 spiro atoms. The average molecular weight is 352 g/mol. The Balaban J connectivity index is 1.62. The number of nitrogens with one attached hydrogen (secondary N) is 3. The number of nitrogens with zero attached hydrogens (tertiary/aromatic N) is 1. The van der Waals surface area contributed by atoms with Crippen LogP contribution in [0.3, 0.4) is 0 Å². The van der Waals surface area contributed by atoms with Crippen molar-refractivity contribution >= 4 is 28.6 Å². The number of aryl methyl sites for hydroxylation is 1. The third-order valence-corrected chi connectivity index (χ3v) is 3.59. The molecule has 3 N–H and O–H groups in total. The number of hydrazine groups is 1. The highest BCUT2D eigenvalue weighted by atomic mass is 16.3. The van der Waals surface area contributed by atoms with Crippen molar-refractivity contribution in [1.29, 1.82) is 0 Å². The lowest BCUT2D eigenvalue weighted by atomic mass is 10.1. The van der Waals surface area contributed by atoms with Gasteiger partial charge in [0.1, 0.15) is 5.76 Å². The van der Waals surface area contributed by atoms with E-state index in [-0.39, 0.29) is 6.54 Å². The van der Waals surface area contributed by atoms with E-state index in [0.717, 1.165) is 0 Å². The van der Waals surface area contributed by atoms with Gasteiger partial charge in [0.25, 0.3) is 5.91 Å². The highest BCUT2D eigenvalue weighted by molar-refractivity contribution is 6.35. The lowest BCUT2D eigenvalue weighted by Crippen LogP contribution is -2.48. The van der Waals surface area contributed by atoms with Crippen LogP contribution in [0.5, 0.6) is 0 Å². The van der Waals surface area contributed by atoms with E-state index in [2.05, 4.69) is 21.2 Å². The molecule has 3 aromatic rings. The van der Waals surface area contributed by atoms with Gasteiger partial charge in [-0.2, -0.15) is 0 Å². The monoisotopic (exact) mass is 352 g/mol. The first-order valence-corrected chi connectivity index (χ1v) is 7.82. The van der Waals surface area contributed by atoms with Crippen molar-refractivity contribution in [2.45, 2.75) is 13.5 Å². The van der Waals surface area contributed by atoms with Crippen LogP contribution in [0.15, 0.2) is 53.1 Å². The van der Waals surface area contributed by atoms with Gasteiger partial charge in [-0.3, -0.25) is 30.2 Å². The number of amides is 3. The van der Waals surface area contributed by atoms with Gasteiger partial charge in [0.2, 0.25) is 0 Å². The number of carbonyl (C=O) groups excluding carboxylic acids is 3. The van der Waals surface area contributed by atoms with E-state index < -0.39 is 17.7 Å². The van der Waals surface area contributed by atoms with Gasteiger partial charge in [-0.1, -0.05) is 18.2 Å². The minimum absolute atomic E-state index is 0.0708. The summed E-state index contributed by atoms with van der Waals surface area (Å²) in [7, 11) is 0. The first-order valence-electron chi connectivity index (χ1n) is 7.82. The van der Waals surface area contributed by atoms with E-state index in [4.69, 9.17) is 4.42 Å². The molecular formula is C18H16N4O4. The second kappa shape index (κ2) is 7.47. The number of aromatic nitrogens is 1. The average Bonchev–Trinajstić information content (AvgIpc) is 3.16. The summed E-state index contributed by atoms with van der Waals surface area (Å²) in [5.41, 5.74) is 6.02. The molecule has 0 atom stereocenters. The van der Waals surface area contributed by atoms with Crippen LogP contribution in [0.25, 0.3) is 10.9 Å². The van der Waals surface area contributed by atoms with E-state index in [1.807, 2.05) is 6.07 Å². The highest BCUT2D eigenvalue weighted by Gasteiger charge is 2.16. The number of pyridine rings is 1. The largest absolute Gasteiger partial charge is 0.467 e. The van der Waals surface area contributed by atoms with Crippen molar-refractivity contribution in [3.05, 3.63) is 65.7 Å². The zero-order valence-corrected chi connectivity index (χ0v) is 13.9. The van der Waals surface area contributed by atoms with Gasteiger partial charge < -0.3 is 9.73 Å². The molecule has 2 heterocycles. The number of benzene rings is 1. The fraction of sp³-hybridized carbons (Fsp3) is 0.111. The molecule has 0 aliphatic rings. The summed E-state index contributed by atoms with van der Waals surface area (Å²) >= 11 is 0. The SMILES string of the molecule is Cc1cc(C(=O)NNC(=O)C(=O)NCc2ccco2)c2ccccc2n1. The van der Waals surface area contributed by atoms with Crippen molar-refractivity contribution in [3.63, 3.8) is 0 Å². The standard InChI is InChI=1S/C18H16N4O4/c1-11-9-14(13-6-2-3-7-15(13)20-11)16(23)21-22-18(25)17(24)19-10-12-5-4-8-26-12/h2-9H,10H2,1H3,(H,19,24)(H,21,23)(H,22,25). The molecule has 3 amide bonds. The Hall–Kier alpha value is -3.68. The molecule has 0 saturated heterocycles. The molecule has 132 valence electrons. The van der Waals surface area contributed by atoms with Crippen molar-refractivity contribution in [2.75, 3.05) is 0 Å². The molecule has 1 aromatic carbocycles. The molecule has 0 aliphatic heterocycles. The van der Waals surface area contributed by atoms with E-state index in [9.17, 15) is 14.4 Å². The van der Waals surface area contributed by atoms with Crippen LogP contribution >= 0.6 is 0 Å². The van der Waals surface area contributed by atoms with Crippen LogP contribution in [0.4, 0.5) is 0 Å². The Morgan fingerprint density at radius 2 is 1.85 bits per heavy atom. The summed E-state index contributed by atoms with van der Waals surface area (Å²) in [6, 6.07) is 12.1. The molecule has 8 heteroatoms. The highest BCUT2D eigenvalue weighted by Crippen LogP contribution is 2.17. The number of hydrogen-bond donors (Lipinski definition) is 3. The topological polar surface area (TPSA) is 113 Å². The second-order valence-corrected chi connectivity index (χ2v) is 5.50. The van der Waals surface area contributed by atoms with E-state index in [1.165, 1.54) is 6.26 Å². The zero-order valence-electron chi connectivity index (χ0n) is 13.9. The van der Waals surface area contributed by atoms with Crippen molar-refractivity contribution in [1.82, 2.24) is 21.2 Å². The molecule has 0 aliphatic carbocycles. The summed E-state index contributed by atoms with van der Waals surface area (Å²) in [5, 5.41) is 3.03. The van der Waals surface area contributed by atoms with E-state index in [0.29, 0.717) is 27.9 Å². The van der Waals surface area contributed by atoms with Crippen LogP contribution < -0.4 is 16.2 Å². The molecule has 2 aromatic heterocycles. The molecule has 0 fully saturated rings. The Kier molecular flexibility index (Phi) is 4.93. The predicted octanol–water partition coefficient (Wildman–Crippen LogP) is 1.21. The van der Waals surface area contributed by atoms with Gasteiger partial charge in [0.05, 0.1) is 23.9 Å². The third kappa shape index (κ3) is 3.86. The maximum Gasteiger partial charge on any atom is 0.327 e. The Morgan fingerprint density at radius 1 is 1.04 bits per heavy atom. The molecule has 0 saturated carbocycles. The summed E-state index contributed by atoms with van der Waals surface area (Å²) in [4.78, 5) is 40.2. The first kappa shape index (κ1) is 17.2. The summed E-state index contributed by atoms with van der Waals surface area (Å²) < 4.78 is 5.05. The number of hydrogen-bond acceptors (Lipinski definition) is 5. The van der Waals surface area contributed by atoms with Crippen molar-refractivity contribution < 1.29 is 18.8 Å². The summed E-state index contributed by atoms with van der Waals surface area (Å²) in [6.07, 6.45) is 1.46. The minimum atomic E-state index is -0.986. The van der Waals surface area contributed by atoms with Crippen LogP contribution in [0, 0.1) is 6.92 Å². The van der Waals surface area contributed by atoms with Gasteiger partial charge in [0, 0.05) is 11.1 Å². The van der Waals surface area contributed by atoms with E-state index >= 15 is 0 Å². The Labute approximate surface area is 148 Å². The van der Waals surface area contributed by atoms with Crippen molar-refractivity contribution in [2.24, 2.45) is 0 Å². The minimum Gasteiger partial charge on any atom is -0.467 e. The smallest absolute Gasteiger partial charge is 0.327 e. The fourth-order valence-electron chi connectivity index (χ4n) is 2.39. The molecule has 8 nitrogen and oxygen atoms in total. The van der Waals surface area contributed by atoms with Gasteiger partial charge in [0.15, 0.2) is 0 Å². The van der Waals surface area contributed by atoms with Gasteiger partial charge >= 0.3 is 11.8 Å². The molecule has 3 rings (SSSR count). The first-order chi connectivity index (χ1) is 12.5. The van der Waals surface area contributed by atoms with Crippen LogP contribution in [0.1, 0.15) is 21.8 Å². The molecule has 0 radical (unpaired) electrons. The lowest BCUT2D eigenvalue weighted by molar-refractivity contribution is -0.139. The van der Waals surface area contributed by atoms with Gasteiger partial charge in [-0.05, 0) is 31.2 Å². The quantitative estimate of drug-likeness (QED) is 0.484. The molecule has 0 unspecified atom stereocenters. The number of furan rings is 1. The van der Waals surface area contributed by atoms with E-state index in [1.54, 1.807) is 43.3 Å². The summed E-state index contributed by atoms with van der Waals surface area (Å²) in [5.74, 6) is -1.91. The number of rotatable bonds is 3.